The minimum Gasteiger partial charge on any atom is -0.479 e. The second kappa shape index (κ2) is 13.3. The van der Waals surface area contributed by atoms with Crippen LogP contribution in [-0.2, 0) is 36.8 Å². The van der Waals surface area contributed by atoms with E-state index in [1.165, 1.54) is 15.9 Å². The lowest BCUT2D eigenvalue weighted by Crippen LogP contribution is -2.56. The number of carboxylic acid groups (broad SMARTS) is 1. The summed E-state index contributed by atoms with van der Waals surface area (Å²) in [5.74, 6) is -3.08. The van der Waals surface area contributed by atoms with Crippen LogP contribution in [0.5, 0.6) is 0 Å². The number of fused-ring (bicyclic) bond motifs is 3. The Kier molecular flexibility index (Phi) is 9.59. The number of halogens is 1. The highest BCUT2D eigenvalue weighted by Crippen LogP contribution is 2.45. The summed E-state index contributed by atoms with van der Waals surface area (Å²) in [5, 5.41) is 15.4. The van der Waals surface area contributed by atoms with E-state index in [1.807, 2.05) is 12.2 Å². The molecule has 0 radical (unpaired) electrons. The number of rotatable bonds is 3. The predicted molar refractivity (Wildman–Crippen MR) is 163 cm³/mol. The number of amides is 4. The Hall–Kier alpha value is -4.16. The Morgan fingerprint density at radius 3 is 2.67 bits per heavy atom. The van der Waals surface area contributed by atoms with E-state index in [2.05, 4.69) is 10.6 Å². The van der Waals surface area contributed by atoms with Gasteiger partial charge in [-0.05, 0) is 70.1 Å². The number of hydrogen-bond acceptors (Lipinski definition) is 7. The molecule has 4 aliphatic rings. The minimum absolute atomic E-state index is 0.0578. The van der Waals surface area contributed by atoms with Crippen molar-refractivity contribution in [2.75, 3.05) is 13.1 Å². The molecule has 0 spiro atoms. The average molecular weight is 643 g/mol. The van der Waals surface area contributed by atoms with Gasteiger partial charge in [0.05, 0.1) is 6.54 Å². The number of carbonyl (C=O) groups is 5. The van der Waals surface area contributed by atoms with Crippen LogP contribution >= 0.6 is 0 Å². The van der Waals surface area contributed by atoms with Gasteiger partial charge in [-0.25, -0.2) is 18.8 Å². The van der Waals surface area contributed by atoms with Crippen molar-refractivity contribution in [1.82, 2.24) is 20.4 Å². The van der Waals surface area contributed by atoms with Crippen molar-refractivity contribution in [2.45, 2.75) is 108 Å². The van der Waals surface area contributed by atoms with Gasteiger partial charge in [0, 0.05) is 25.4 Å². The molecule has 1 aromatic rings. The summed E-state index contributed by atoms with van der Waals surface area (Å²) in [6.07, 6.45) is 5.13. The van der Waals surface area contributed by atoms with Crippen molar-refractivity contribution in [3.8, 4) is 0 Å². The molecule has 2 fully saturated rings. The molecule has 4 amide bonds. The molecule has 13 heteroatoms. The van der Waals surface area contributed by atoms with E-state index in [4.69, 9.17) is 9.47 Å². The van der Waals surface area contributed by atoms with Crippen LogP contribution in [0.2, 0.25) is 0 Å². The molecule has 46 heavy (non-hydrogen) atoms. The van der Waals surface area contributed by atoms with Gasteiger partial charge in [0.1, 0.15) is 35.1 Å². The maximum absolute atomic E-state index is 14.2. The first-order valence-electron chi connectivity index (χ1n) is 16.0. The van der Waals surface area contributed by atoms with Gasteiger partial charge in [-0.1, -0.05) is 37.1 Å². The van der Waals surface area contributed by atoms with Gasteiger partial charge < -0.3 is 35.0 Å². The number of nitrogens with one attached hydrogen (secondary N) is 2. The molecule has 1 saturated carbocycles. The zero-order chi connectivity index (χ0) is 33.2. The number of hydrogen-bond donors (Lipinski definition) is 3. The number of nitrogens with zero attached hydrogens (tertiary/aromatic N) is 2. The molecule has 3 heterocycles. The van der Waals surface area contributed by atoms with Crippen LogP contribution in [0.1, 0.15) is 76.8 Å². The van der Waals surface area contributed by atoms with E-state index >= 15 is 0 Å². The number of aliphatic carboxylic acids is 1. The molecule has 0 unspecified atom stereocenters. The third kappa shape index (κ3) is 7.45. The number of ether oxygens (including phenoxy) is 2. The van der Waals surface area contributed by atoms with Crippen LogP contribution < -0.4 is 10.6 Å². The summed E-state index contributed by atoms with van der Waals surface area (Å²) in [7, 11) is 0. The van der Waals surface area contributed by atoms with Gasteiger partial charge >= 0.3 is 18.2 Å². The lowest BCUT2D eigenvalue weighted by molar-refractivity contribution is -0.145. The standard InChI is InChI=1S/C33H43FN4O8/c1-32(2,3)46-30(43)35-25-13-8-6-4-5-7-11-21-17-33(21,29(41)42)36-27(39)26-16-22(19-38(26)28(25)40)45-31(44)37-15-14-23-20(18-37)10-9-12-24(23)34/h7,9-12,21-22,25-26H,4-6,8,13-19H2,1-3H3,(H,35,43)(H,36,39)(H,41,42)/t21-,22-,25+,26+,33-/m1/s1. The van der Waals surface area contributed by atoms with Crippen LogP contribution in [0, 0.1) is 11.7 Å². The normalized spacial score (nSPS) is 28.4. The van der Waals surface area contributed by atoms with Crippen molar-refractivity contribution in [1.29, 1.82) is 0 Å². The van der Waals surface area contributed by atoms with Crippen molar-refractivity contribution >= 4 is 30.0 Å². The van der Waals surface area contributed by atoms with Crippen molar-refractivity contribution in [3.63, 3.8) is 0 Å². The van der Waals surface area contributed by atoms with E-state index in [9.17, 15) is 33.5 Å². The van der Waals surface area contributed by atoms with Crippen molar-refractivity contribution in [2.24, 2.45) is 5.92 Å². The lowest BCUT2D eigenvalue weighted by atomic mass is 9.99. The summed E-state index contributed by atoms with van der Waals surface area (Å²) in [6.45, 7) is 5.39. The average Bonchev–Trinajstić information content (AvgIpc) is 3.52. The molecule has 1 aliphatic carbocycles. The fraction of sp³-hybridized carbons (Fsp3) is 0.606. The second-order valence-electron chi connectivity index (χ2n) is 13.6. The molecule has 0 bridgehead atoms. The summed E-state index contributed by atoms with van der Waals surface area (Å²) in [4.78, 5) is 68.9. The highest BCUT2D eigenvalue weighted by Gasteiger charge is 2.61. The summed E-state index contributed by atoms with van der Waals surface area (Å²) < 4.78 is 25.4. The molecule has 5 rings (SSSR count). The predicted octanol–water partition coefficient (Wildman–Crippen LogP) is 3.66. The SMILES string of the molecule is CC(C)(C)OC(=O)N[C@H]1CCCCCC=C[C@@H]2C[C@@]2(C(=O)O)NC(=O)[C@@H]2C[C@@H](OC(=O)N3CCc4c(F)cccc4C3)CN2C1=O. The number of carboxylic acids is 1. The quantitative estimate of drug-likeness (QED) is 0.422. The topological polar surface area (TPSA) is 155 Å². The molecular weight excluding hydrogens is 599 g/mol. The number of carbonyl (C=O) groups excluding carboxylic acids is 4. The van der Waals surface area contributed by atoms with Gasteiger partial charge in [-0.15, -0.1) is 0 Å². The van der Waals surface area contributed by atoms with Crippen molar-refractivity contribution in [3.05, 3.63) is 47.3 Å². The molecule has 3 aliphatic heterocycles. The third-order valence-electron chi connectivity index (χ3n) is 9.05. The van der Waals surface area contributed by atoms with E-state index in [0.29, 0.717) is 30.4 Å². The largest absolute Gasteiger partial charge is 0.479 e. The highest BCUT2D eigenvalue weighted by molar-refractivity contribution is 5.96. The Bertz CT molecular complexity index is 1410. The van der Waals surface area contributed by atoms with Crippen LogP contribution in [0.4, 0.5) is 14.0 Å². The van der Waals surface area contributed by atoms with E-state index in [-0.39, 0.29) is 44.2 Å². The first kappa shape index (κ1) is 33.2. The summed E-state index contributed by atoms with van der Waals surface area (Å²) in [5.41, 5.74) is -1.05. The molecule has 3 N–H and O–H groups in total. The van der Waals surface area contributed by atoms with Crippen LogP contribution in [-0.4, -0.2) is 87.3 Å². The van der Waals surface area contributed by atoms with Gasteiger partial charge in [0.15, 0.2) is 0 Å². The molecule has 1 saturated heterocycles. The first-order valence-corrected chi connectivity index (χ1v) is 16.0. The Balaban J connectivity index is 1.37. The molecule has 1 aromatic carbocycles. The molecule has 5 atom stereocenters. The number of alkyl carbamates (subject to hydrolysis) is 1. The summed E-state index contributed by atoms with van der Waals surface area (Å²) in [6, 6.07) is 2.56. The Morgan fingerprint density at radius 2 is 1.93 bits per heavy atom. The summed E-state index contributed by atoms with van der Waals surface area (Å²) >= 11 is 0. The minimum atomic E-state index is -1.48. The smallest absolute Gasteiger partial charge is 0.410 e. The van der Waals surface area contributed by atoms with Gasteiger partial charge in [0.25, 0.3) is 0 Å². The van der Waals surface area contributed by atoms with Gasteiger partial charge in [-0.3, -0.25) is 9.59 Å². The fourth-order valence-corrected chi connectivity index (χ4v) is 6.53. The maximum Gasteiger partial charge on any atom is 0.410 e. The Morgan fingerprint density at radius 1 is 1.15 bits per heavy atom. The van der Waals surface area contributed by atoms with Crippen LogP contribution in [0.15, 0.2) is 30.4 Å². The second-order valence-corrected chi connectivity index (χ2v) is 13.6. The molecular formula is C33H43FN4O8. The lowest BCUT2D eigenvalue weighted by Gasteiger charge is -2.30. The first-order chi connectivity index (χ1) is 21.8. The van der Waals surface area contributed by atoms with E-state index in [1.54, 1.807) is 32.9 Å². The van der Waals surface area contributed by atoms with E-state index < -0.39 is 59.3 Å². The van der Waals surface area contributed by atoms with E-state index in [0.717, 1.165) is 19.3 Å². The molecule has 12 nitrogen and oxygen atoms in total. The molecule has 0 aromatic heterocycles. The highest BCUT2D eigenvalue weighted by atomic mass is 19.1. The monoisotopic (exact) mass is 642 g/mol. The van der Waals surface area contributed by atoms with Gasteiger partial charge in [-0.2, -0.15) is 0 Å². The van der Waals surface area contributed by atoms with Crippen LogP contribution in [0.3, 0.4) is 0 Å². The van der Waals surface area contributed by atoms with Gasteiger partial charge in [0.2, 0.25) is 11.8 Å². The number of allylic oxidation sites excluding steroid dienone is 1. The fourth-order valence-electron chi connectivity index (χ4n) is 6.53. The zero-order valence-electron chi connectivity index (χ0n) is 26.6. The third-order valence-corrected chi connectivity index (χ3v) is 9.05. The van der Waals surface area contributed by atoms with Crippen molar-refractivity contribution < 1.29 is 42.9 Å². The molecule has 250 valence electrons. The maximum atomic E-state index is 14.2. The zero-order valence-corrected chi connectivity index (χ0v) is 26.6. The number of benzene rings is 1. The Labute approximate surface area is 267 Å². The van der Waals surface area contributed by atoms with Crippen LogP contribution in [0.25, 0.3) is 0 Å².